The molecule has 0 aliphatic carbocycles. The molecule has 0 radical (unpaired) electrons. The van der Waals surface area contributed by atoms with Crippen molar-refractivity contribution in [2.75, 3.05) is 5.32 Å². The highest BCUT2D eigenvalue weighted by Crippen LogP contribution is 2.37. The summed E-state index contributed by atoms with van der Waals surface area (Å²) in [7, 11) is 0. The predicted octanol–water partition coefficient (Wildman–Crippen LogP) is 3.34. The van der Waals surface area contributed by atoms with Crippen LogP contribution in [0.2, 0.25) is 0 Å². The molecule has 0 bridgehead atoms. The van der Waals surface area contributed by atoms with E-state index in [2.05, 4.69) is 20.7 Å². The number of anilines is 1. The number of rotatable bonds is 3. The molecular formula is C14H9F3N4O2. The van der Waals surface area contributed by atoms with E-state index in [9.17, 15) is 18.0 Å². The Morgan fingerprint density at radius 1 is 1.26 bits per heavy atom. The molecule has 0 aliphatic heterocycles. The van der Waals surface area contributed by atoms with Gasteiger partial charge in [-0.3, -0.25) is 9.89 Å². The first-order valence-corrected chi connectivity index (χ1v) is 6.38. The van der Waals surface area contributed by atoms with E-state index in [0.717, 1.165) is 12.1 Å². The lowest BCUT2D eigenvalue weighted by molar-refractivity contribution is -0.137. The third-order valence-corrected chi connectivity index (χ3v) is 3.00. The first-order chi connectivity index (χ1) is 10.9. The molecule has 23 heavy (non-hydrogen) atoms. The Morgan fingerprint density at radius 3 is 2.74 bits per heavy atom. The van der Waals surface area contributed by atoms with Gasteiger partial charge in [0, 0.05) is 17.8 Å². The van der Waals surface area contributed by atoms with E-state index < -0.39 is 17.6 Å². The van der Waals surface area contributed by atoms with E-state index in [1.807, 2.05) is 0 Å². The number of carbonyl (C=O) groups excluding carboxylic acids is 1. The molecule has 0 atom stereocenters. The van der Waals surface area contributed by atoms with Gasteiger partial charge in [-0.05, 0) is 6.07 Å². The molecule has 1 aromatic carbocycles. The number of H-pyrrole nitrogens is 1. The first-order valence-electron chi connectivity index (χ1n) is 6.38. The Hall–Kier alpha value is -3.10. The molecule has 3 aromatic rings. The van der Waals surface area contributed by atoms with Crippen LogP contribution in [0.5, 0.6) is 0 Å². The molecule has 6 nitrogen and oxygen atoms in total. The number of alkyl halides is 3. The summed E-state index contributed by atoms with van der Waals surface area (Å²) in [5.41, 5.74) is -0.791. The van der Waals surface area contributed by atoms with E-state index in [4.69, 9.17) is 4.52 Å². The summed E-state index contributed by atoms with van der Waals surface area (Å²) in [5.74, 6) is -0.763. The van der Waals surface area contributed by atoms with Gasteiger partial charge in [0.05, 0.1) is 17.4 Å². The minimum Gasteiger partial charge on any atom is -0.355 e. The fraction of sp³-hybridized carbons (Fsp3) is 0.0714. The van der Waals surface area contributed by atoms with Crippen molar-refractivity contribution in [3.05, 3.63) is 54.0 Å². The van der Waals surface area contributed by atoms with Gasteiger partial charge >= 0.3 is 6.18 Å². The average Bonchev–Trinajstić information content (AvgIpc) is 3.17. The molecule has 2 N–H and O–H groups in total. The van der Waals surface area contributed by atoms with E-state index in [0.29, 0.717) is 5.69 Å². The number of hydrogen-bond donors (Lipinski definition) is 2. The fourth-order valence-electron chi connectivity index (χ4n) is 1.97. The number of nitrogens with zero attached hydrogens (tertiary/aromatic N) is 2. The van der Waals surface area contributed by atoms with E-state index >= 15 is 0 Å². The van der Waals surface area contributed by atoms with Crippen LogP contribution in [0.4, 0.5) is 18.9 Å². The van der Waals surface area contributed by atoms with E-state index in [1.54, 1.807) is 0 Å². The molecule has 118 valence electrons. The van der Waals surface area contributed by atoms with Gasteiger partial charge < -0.3 is 9.84 Å². The number of nitrogens with one attached hydrogen (secondary N) is 2. The highest BCUT2D eigenvalue weighted by molar-refractivity contribution is 6.03. The maximum atomic E-state index is 13.0. The lowest BCUT2D eigenvalue weighted by atomic mass is 10.0. The maximum Gasteiger partial charge on any atom is 0.417 e. The van der Waals surface area contributed by atoms with Crippen LogP contribution in [-0.2, 0) is 6.18 Å². The minimum absolute atomic E-state index is 0.141. The Labute approximate surface area is 127 Å². The molecule has 2 aromatic heterocycles. The minimum atomic E-state index is -4.54. The zero-order valence-corrected chi connectivity index (χ0v) is 11.4. The number of aromatic amines is 1. The van der Waals surface area contributed by atoms with Crippen molar-refractivity contribution in [1.29, 1.82) is 0 Å². The highest BCUT2D eigenvalue weighted by atomic mass is 19.4. The zero-order valence-electron chi connectivity index (χ0n) is 11.4. The van der Waals surface area contributed by atoms with Gasteiger partial charge in [-0.1, -0.05) is 23.4 Å². The largest absolute Gasteiger partial charge is 0.417 e. The van der Waals surface area contributed by atoms with Crippen molar-refractivity contribution in [2.45, 2.75) is 6.18 Å². The summed E-state index contributed by atoms with van der Waals surface area (Å²) < 4.78 is 43.9. The lowest BCUT2D eigenvalue weighted by Crippen LogP contribution is -2.11. The smallest absolute Gasteiger partial charge is 0.355 e. The number of halogens is 3. The monoisotopic (exact) mass is 322 g/mol. The van der Waals surface area contributed by atoms with Crippen LogP contribution in [0, 0.1) is 0 Å². The summed E-state index contributed by atoms with van der Waals surface area (Å²) in [4.78, 5) is 11.9. The zero-order chi connectivity index (χ0) is 16.4. The summed E-state index contributed by atoms with van der Waals surface area (Å²) in [6, 6.07) is 6.05. The van der Waals surface area contributed by atoms with Crippen LogP contribution in [0.1, 0.15) is 16.1 Å². The molecule has 9 heteroatoms. The van der Waals surface area contributed by atoms with E-state index in [-0.39, 0.29) is 17.0 Å². The molecule has 1 amide bonds. The van der Waals surface area contributed by atoms with Crippen molar-refractivity contribution in [1.82, 2.24) is 15.4 Å². The Bertz CT molecular complexity index is 825. The quantitative estimate of drug-likeness (QED) is 0.774. The summed E-state index contributed by atoms with van der Waals surface area (Å²) in [6.07, 6.45) is -1.72. The third kappa shape index (κ3) is 3.07. The molecule has 0 saturated heterocycles. The lowest BCUT2D eigenvalue weighted by Gasteiger charge is -2.09. The van der Waals surface area contributed by atoms with E-state index in [1.165, 1.54) is 30.6 Å². The first kappa shape index (κ1) is 14.8. The normalized spacial score (nSPS) is 11.4. The second kappa shape index (κ2) is 5.59. The summed E-state index contributed by atoms with van der Waals surface area (Å²) >= 11 is 0. The number of carbonyl (C=O) groups is 1. The van der Waals surface area contributed by atoms with Gasteiger partial charge in [0.15, 0.2) is 11.5 Å². The van der Waals surface area contributed by atoms with Crippen LogP contribution < -0.4 is 5.32 Å². The van der Waals surface area contributed by atoms with Gasteiger partial charge in [-0.2, -0.15) is 18.3 Å². The van der Waals surface area contributed by atoms with Crippen molar-refractivity contribution < 1.29 is 22.5 Å². The van der Waals surface area contributed by atoms with Crippen LogP contribution >= 0.6 is 0 Å². The van der Waals surface area contributed by atoms with Gasteiger partial charge in [-0.15, -0.1) is 0 Å². The number of aromatic nitrogens is 3. The molecule has 0 spiro atoms. The molecule has 0 aliphatic rings. The van der Waals surface area contributed by atoms with Crippen molar-refractivity contribution in [2.24, 2.45) is 0 Å². The van der Waals surface area contributed by atoms with Crippen LogP contribution in [-0.4, -0.2) is 21.3 Å². The van der Waals surface area contributed by atoms with Gasteiger partial charge in [0.2, 0.25) is 0 Å². The Kier molecular flexibility index (Phi) is 3.61. The SMILES string of the molecule is O=C(Nc1cn[nH]c1)c1cc(-c2ccccc2C(F)(F)F)on1. The molecule has 2 heterocycles. The van der Waals surface area contributed by atoms with Crippen LogP contribution in [0.25, 0.3) is 11.3 Å². The predicted molar refractivity (Wildman–Crippen MR) is 73.5 cm³/mol. The fourth-order valence-corrected chi connectivity index (χ4v) is 1.97. The molecule has 3 rings (SSSR count). The number of hydrogen-bond acceptors (Lipinski definition) is 4. The van der Waals surface area contributed by atoms with Crippen LogP contribution in [0.15, 0.2) is 47.2 Å². The molecule has 0 fully saturated rings. The number of amides is 1. The van der Waals surface area contributed by atoms with Crippen molar-refractivity contribution in [3.63, 3.8) is 0 Å². The molecular weight excluding hydrogens is 313 g/mol. The Morgan fingerprint density at radius 2 is 2.04 bits per heavy atom. The molecule has 0 saturated carbocycles. The Balaban J connectivity index is 1.89. The second-order valence-electron chi connectivity index (χ2n) is 4.56. The van der Waals surface area contributed by atoms with Gasteiger partial charge in [-0.25, -0.2) is 0 Å². The van der Waals surface area contributed by atoms with Gasteiger partial charge in [0.1, 0.15) is 0 Å². The maximum absolute atomic E-state index is 13.0. The van der Waals surface area contributed by atoms with Crippen LogP contribution in [0.3, 0.4) is 0 Å². The average molecular weight is 322 g/mol. The second-order valence-corrected chi connectivity index (χ2v) is 4.56. The van der Waals surface area contributed by atoms with Crippen molar-refractivity contribution in [3.8, 4) is 11.3 Å². The number of benzene rings is 1. The summed E-state index contributed by atoms with van der Waals surface area (Å²) in [5, 5.41) is 12.1. The summed E-state index contributed by atoms with van der Waals surface area (Å²) in [6.45, 7) is 0. The standard InChI is InChI=1S/C14H9F3N4O2/c15-14(16,17)10-4-2-1-3-9(10)12-5-11(21-23-12)13(22)20-8-6-18-19-7-8/h1-7H,(H,18,19)(H,20,22). The topological polar surface area (TPSA) is 83.8 Å². The third-order valence-electron chi connectivity index (χ3n) is 3.00. The highest BCUT2D eigenvalue weighted by Gasteiger charge is 2.34. The molecule has 0 unspecified atom stereocenters. The van der Waals surface area contributed by atoms with Crippen molar-refractivity contribution >= 4 is 11.6 Å². The van der Waals surface area contributed by atoms with Gasteiger partial charge in [0.25, 0.3) is 5.91 Å².